The lowest BCUT2D eigenvalue weighted by molar-refractivity contribution is 0.623. The molecule has 1 atom stereocenters. The molecule has 16 heavy (non-hydrogen) atoms. The third-order valence-electron chi connectivity index (χ3n) is 2.67. The maximum absolute atomic E-state index is 8.88. The summed E-state index contributed by atoms with van der Waals surface area (Å²) in [5, 5.41) is 12.3. The Kier molecular flexibility index (Phi) is 4.65. The minimum atomic E-state index is 0.472. The second-order valence-corrected chi connectivity index (χ2v) is 3.95. The van der Waals surface area contributed by atoms with Gasteiger partial charge in [0.05, 0.1) is 5.56 Å². The van der Waals surface area contributed by atoms with Crippen LogP contribution >= 0.6 is 0 Å². The van der Waals surface area contributed by atoms with Gasteiger partial charge in [0.2, 0.25) is 0 Å². The predicted molar refractivity (Wildman–Crippen MR) is 68.2 cm³/mol. The first-order valence-corrected chi connectivity index (χ1v) is 5.77. The molecule has 3 heteroatoms. The van der Waals surface area contributed by atoms with Gasteiger partial charge in [-0.15, -0.1) is 0 Å². The van der Waals surface area contributed by atoms with Crippen LogP contribution in [0, 0.1) is 11.3 Å². The van der Waals surface area contributed by atoms with Gasteiger partial charge in [0, 0.05) is 17.4 Å². The number of anilines is 2. The number of nitrogens with two attached hydrogens (primary N) is 1. The highest BCUT2D eigenvalue weighted by Crippen LogP contribution is 2.19. The predicted octanol–water partition coefficient (Wildman–Crippen LogP) is 3.13. The Morgan fingerprint density at radius 2 is 2.19 bits per heavy atom. The van der Waals surface area contributed by atoms with Gasteiger partial charge in [0.25, 0.3) is 0 Å². The van der Waals surface area contributed by atoms with Gasteiger partial charge >= 0.3 is 0 Å². The van der Waals surface area contributed by atoms with Crippen molar-refractivity contribution in [2.75, 3.05) is 11.1 Å². The number of nitrogen functional groups attached to an aromatic ring is 1. The van der Waals surface area contributed by atoms with Crippen molar-refractivity contribution in [3.05, 3.63) is 23.8 Å². The molecule has 0 aliphatic heterocycles. The van der Waals surface area contributed by atoms with E-state index in [1.165, 1.54) is 0 Å². The molecule has 1 unspecified atom stereocenters. The molecular weight excluding hydrogens is 198 g/mol. The largest absolute Gasteiger partial charge is 0.398 e. The van der Waals surface area contributed by atoms with Gasteiger partial charge in [-0.1, -0.05) is 20.3 Å². The number of nitriles is 1. The van der Waals surface area contributed by atoms with Gasteiger partial charge < -0.3 is 11.1 Å². The summed E-state index contributed by atoms with van der Waals surface area (Å²) in [5.74, 6) is 0. The average Bonchev–Trinajstić information content (AvgIpc) is 2.30. The monoisotopic (exact) mass is 217 g/mol. The molecule has 0 aliphatic carbocycles. The van der Waals surface area contributed by atoms with Crippen LogP contribution in [0.1, 0.15) is 38.7 Å². The van der Waals surface area contributed by atoms with Crippen molar-refractivity contribution in [3.63, 3.8) is 0 Å². The Labute approximate surface area is 97.3 Å². The van der Waals surface area contributed by atoms with Crippen molar-refractivity contribution < 1.29 is 0 Å². The lowest BCUT2D eigenvalue weighted by Gasteiger charge is -2.17. The first kappa shape index (κ1) is 12.4. The number of hydrogen-bond acceptors (Lipinski definition) is 3. The van der Waals surface area contributed by atoms with E-state index in [2.05, 4.69) is 25.2 Å². The highest BCUT2D eigenvalue weighted by Gasteiger charge is 2.06. The standard InChI is InChI=1S/C13H19N3/c1-3-5-11(4-2)16-12-6-7-13(15)10(8-12)9-14/h6-8,11,16H,3-5,15H2,1-2H3. The molecule has 1 aromatic carbocycles. The fourth-order valence-electron chi connectivity index (χ4n) is 1.71. The lowest BCUT2D eigenvalue weighted by Crippen LogP contribution is -2.18. The first-order chi connectivity index (χ1) is 7.71. The molecule has 1 aromatic rings. The fraction of sp³-hybridized carbons (Fsp3) is 0.462. The van der Waals surface area contributed by atoms with E-state index in [0.717, 1.165) is 24.9 Å². The van der Waals surface area contributed by atoms with Crippen LogP contribution in [0.3, 0.4) is 0 Å². The maximum Gasteiger partial charge on any atom is 0.101 e. The molecule has 0 bridgehead atoms. The van der Waals surface area contributed by atoms with Crippen LogP contribution in [-0.2, 0) is 0 Å². The van der Waals surface area contributed by atoms with Crippen LogP contribution in [0.4, 0.5) is 11.4 Å². The lowest BCUT2D eigenvalue weighted by atomic mass is 10.1. The van der Waals surface area contributed by atoms with E-state index in [0.29, 0.717) is 17.3 Å². The molecule has 3 N–H and O–H groups in total. The van der Waals surface area contributed by atoms with Crippen LogP contribution in [-0.4, -0.2) is 6.04 Å². The van der Waals surface area contributed by atoms with E-state index in [1.807, 2.05) is 12.1 Å². The van der Waals surface area contributed by atoms with Gasteiger partial charge in [-0.2, -0.15) is 5.26 Å². The SMILES string of the molecule is CCCC(CC)Nc1ccc(N)c(C#N)c1. The molecule has 0 heterocycles. The quantitative estimate of drug-likeness (QED) is 0.745. The number of rotatable bonds is 5. The van der Waals surface area contributed by atoms with Gasteiger partial charge in [0.15, 0.2) is 0 Å². The van der Waals surface area contributed by atoms with E-state index >= 15 is 0 Å². The Bertz CT molecular complexity index is 379. The Balaban J connectivity index is 2.77. The second kappa shape index (κ2) is 6.02. The van der Waals surface area contributed by atoms with Crippen molar-refractivity contribution in [1.29, 1.82) is 5.26 Å². The summed E-state index contributed by atoms with van der Waals surface area (Å²) in [6, 6.07) is 8.08. The average molecular weight is 217 g/mol. The zero-order chi connectivity index (χ0) is 12.0. The molecule has 0 aliphatic rings. The molecular formula is C13H19N3. The number of benzene rings is 1. The van der Waals surface area contributed by atoms with Gasteiger partial charge in [0.1, 0.15) is 6.07 Å². The summed E-state index contributed by atoms with van der Waals surface area (Å²) in [7, 11) is 0. The maximum atomic E-state index is 8.88. The van der Waals surface area contributed by atoms with E-state index in [-0.39, 0.29) is 0 Å². The smallest absolute Gasteiger partial charge is 0.101 e. The third kappa shape index (κ3) is 3.16. The molecule has 0 aromatic heterocycles. The first-order valence-electron chi connectivity index (χ1n) is 5.77. The van der Waals surface area contributed by atoms with Crippen molar-refractivity contribution in [1.82, 2.24) is 0 Å². The van der Waals surface area contributed by atoms with Crippen molar-refractivity contribution >= 4 is 11.4 Å². The topological polar surface area (TPSA) is 61.8 Å². The van der Waals surface area contributed by atoms with Crippen molar-refractivity contribution in [3.8, 4) is 6.07 Å². The molecule has 0 radical (unpaired) electrons. The van der Waals surface area contributed by atoms with Gasteiger partial charge in [-0.25, -0.2) is 0 Å². The Hall–Kier alpha value is -1.69. The summed E-state index contributed by atoms with van der Waals surface area (Å²) < 4.78 is 0. The number of nitrogens with zero attached hydrogens (tertiary/aromatic N) is 1. The van der Waals surface area contributed by atoms with Crippen LogP contribution < -0.4 is 11.1 Å². The summed E-state index contributed by atoms with van der Waals surface area (Å²) in [6.45, 7) is 4.34. The molecule has 0 saturated heterocycles. The molecule has 0 saturated carbocycles. The van der Waals surface area contributed by atoms with Crippen LogP contribution in [0.25, 0.3) is 0 Å². The minimum Gasteiger partial charge on any atom is -0.398 e. The van der Waals surface area contributed by atoms with Crippen LogP contribution in [0.15, 0.2) is 18.2 Å². The van der Waals surface area contributed by atoms with Crippen LogP contribution in [0.2, 0.25) is 0 Å². The summed E-state index contributed by atoms with van der Waals surface area (Å²) in [6.07, 6.45) is 3.38. The van der Waals surface area contributed by atoms with Crippen molar-refractivity contribution in [2.24, 2.45) is 0 Å². The minimum absolute atomic E-state index is 0.472. The molecule has 0 fully saturated rings. The second-order valence-electron chi connectivity index (χ2n) is 3.95. The van der Waals surface area contributed by atoms with Crippen molar-refractivity contribution in [2.45, 2.75) is 39.2 Å². The van der Waals surface area contributed by atoms with E-state index < -0.39 is 0 Å². The van der Waals surface area contributed by atoms with E-state index in [9.17, 15) is 0 Å². The third-order valence-corrected chi connectivity index (χ3v) is 2.67. The molecule has 0 spiro atoms. The van der Waals surface area contributed by atoms with E-state index in [1.54, 1.807) is 6.07 Å². The van der Waals surface area contributed by atoms with Gasteiger partial charge in [-0.3, -0.25) is 0 Å². The summed E-state index contributed by atoms with van der Waals surface area (Å²) in [4.78, 5) is 0. The summed E-state index contributed by atoms with van der Waals surface area (Å²) >= 11 is 0. The number of hydrogen-bond donors (Lipinski definition) is 2. The normalized spacial score (nSPS) is 11.8. The van der Waals surface area contributed by atoms with Crippen LogP contribution in [0.5, 0.6) is 0 Å². The van der Waals surface area contributed by atoms with Gasteiger partial charge in [-0.05, 0) is 31.0 Å². The summed E-state index contributed by atoms with van der Waals surface area (Å²) in [5.41, 5.74) is 7.73. The zero-order valence-electron chi connectivity index (χ0n) is 9.96. The Morgan fingerprint density at radius 1 is 1.44 bits per heavy atom. The highest BCUT2D eigenvalue weighted by atomic mass is 14.9. The molecule has 0 amide bonds. The molecule has 1 rings (SSSR count). The molecule has 3 nitrogen and oxygen atoms in total. The van der Waals surface area contributed by atoms with E-state index in [4.69, 9.17) is 11.0 Å². The number of nitrogens with one attached hydrogen (secondary N) is 1. The molecule has 86 valence electrons. The Morgan fingerprint density at radius 3 is 2.75 bits per heavy atom. The zero-order valence-corrected chi connectivity index (χ0v) is 9.96. The highest BCUT2D eigenvalue weighted by molar-refractivity contribution is 5.62. The fourth-order valence-corrected chi connectivity index (χ4v) is 1.71.